The lowest BCUT2D eigenvalue weighted by Gasteiger charge is -2.18. The fourth-order valence-corrected chi connectivity index (χ4v) is 2.72. The Morgan fingerprint density at radius 3 is 2.64 bits per heavy atom. The Morgan fingerprint density at radius 1 is 1.24 bits per heavy atom. The third kappa shape index (κ3) is 3.36. The summed E-state index contributed by atoms with van der Waals surface area (Å²) in [6, 6.07) is 12.4. The Bertz CT molecular complexity index is 811. The maximum Gasteiger partial charge on any atom is 0.294 e. The molecular formula is C18H17F2N3O2. The molecule has 0 bridgehead atoms. The largest absolute Gasteiger partial charge is 0.294 e. The number of hydrazone groups is 1. The fourth-order valence-electron chi connectivity index (χ4n) is 2.72. The van der Waals surface area contributed by atoms with Gasteiger partial charge in [-0.3, -0.25) is 14.6 Å². The van der Waals surface area contributed by atoms with E-state index < -0.39 is 17.5 Å². The Morgan fingerprint density at radius 2 is 1.96 bits per heavy atom. The predicted octanol–water partition coefficient (Wildman–Crippen LogP) is 2.94. The quantitative estimate of drug-likeness (QED) is 0.801. The Balaban J connectivity index is 2.01. The van der Waals surface area contributed by atoms with Gasteiger partial charge in [0.25, 0.3) is 5.91 Å². The molecule has 0 saturated heterocycles. The summed E-state index contributed by atoms with van der Waals surface area (Å²) in [5.74, 6) is -1.99. The van der Waals surface area contributed by atoms with Crippen LogP contribution in [0.5, 0.6) is 0 Å². The van der Waals surface area contributed by atoms with Gasteiger partial charge in [-0.25, -0.2) is 13.8 Å². The molecule has 0 saturated carbocycles. The number of benzene rings is 2. The minimum Gasteiger partial charge on any atom is -0.274 e. The minimum absolute atomic E-state index is 0.0104. The van der Waals surface area contributed by atoms with Gasteiger partial charge in [0, 0.05) is 13.1 Å². The van der Waals surface area contributed by atoms with Crippen LogP contribution < -0.4 is 5.01 Å². The predicted molar refractivity (Wildman–Crippen MR) is 90.1 cm³/mol. The highest BCUT2D eigenvalue weighted by molar-refractivity contribution is 6.41. The molecule has 5 nitrogen and oxygen atoms in total. The summed E-state index contributed by atoms with van der Waals surface area (Å²) >= 11 is 0. The monoisotopic (exact) mass is 345 g/mol. The highest BCUT2D eigenvalue weighted by atomic mass is 19.1. The molecule has 0 N–H and O–H groups in total. The van der Waals surface area contributed by atoms with Crippen LogP contribution in [0, 0.1) is 11.6 Å². The third-order valence-electron chi connectivity index (χ3n) is 4.08. The van der Waals surface area contributed by atoms with Crippen molar-refractivity contribution < 1.29 is 18.4 Å². The fraction of sp³-hybridized carbons (Fsp3) is 0.222. The number of carbonyl (C=O) groups excluding carboxylic acids is 1. The molecule has 7 heteroatoms. The molecule has 0 aliphatic carbocycles. The lowest BCUT2D eigenvalue weighted by molar-refractivity contribution is -0.160. The number of nitrogens with zero attached hydrogens (tertiary/aromatic N) is 3. The molecule has 1 unspecified atom stereocenters. The van der Waals surface area contributed by atoms with Gasteiger partial charge < -0.3 is 0 Å². The van der Waals surface area contributed by atoms with E-state index in [0.717, 1.165) is 28.8 Å². The van der Waals surface area contributed by atoms with Crippen molar-refractivity contribution in [1.82, 2.24) is 5.06 Å². The summed E-state index contributed by atoms with van der Waals surface area (Å²) in [7, 11) is 2.84. The van der Waals surface area contributed by atoms with Crippen LogP contribution in [-0.4, -0.2) is 37.4 Å². The van der Waals surface area contributed by atoms with Gasteiger partial charge in [0.15, 0.2) is 0 Å². The van der Waals surface area contributed by atoms with Gasteiger partial charge in [-0.1, -0.05) is 30.3 Å². The molecule has 0 aromatic heterocycles. The topological polar surface area (TPSA) is 45.1 Å². The number of hydrogen-bond donors (Lipinski definition) is 0. The van der Waals surface area contributed by atoms with Gasteiger partial charge in [0.05, 0.1) is 25.3 Å². The second-order valence-corrected chi connectivity index (χ2v) is 5.61. The lowest BCUT2D eigenvalue weighted by atomic mass is 9.94. The molecule has 2 aromatic carbocycles. The maximum absolute atomic E-state index is 14.1. The highest BCUT2D eigenvalue weighted by Crippen LogP contribution is 2.31. The van der Waals surface area contributed by atoms with E-state index in [9.17, 15) is 13.6 Å². The number of halogens is 2. The first-order chi connectivity index (χ1) is 12.0. The molecule has 1 aliphatic heterocycles. The van der Waals surface area contributed by atoms with Gasteiger partial charge in [0.2, 0.25) is 0 Å². The van der Waals surface area contributed by atoms with Crippen molar-refractivity contribution >= 4 is 17.3 Å². The van der Waals surface area contributed by atoms with Crippen molar-refractivity contribution in [3.8, 4) is 0 Å². The summed E-state index contributed by atoms with van der Waals surface area (Å²) in [6.45, 7) is 0.225. The number of anilines is 1. The molecule has 1 atom stereocenters. The highest BCUT2D eigenvalue weighted by Gasteiger charge is 2.35. The van der Waals surface area contributed by atoms with E-state index in [1.807, 2.05) is 30.3 Å². The minimum atomic E-state index is -0.606. The zero-order chi connectivity index (χ0) is 18.0. The first kappa shape index (κ1) is 17.0. The molecule has 1 aliphatic rings. The molecule has 1 amide bonds. The van der Waals surface area contributed by atoms with Gasteiger partial charge in [-0.05, 0) is 17.7 Å². The van der Waals surface area contributed by atoms with Gasteiger partial charge in [-0.15, -0.1) is 0 Å². The van der Waals surface area contributed by atoms with Crippen LogP contribution in [0.3, 0.4) is 0 Å². The van der Waals surface area contributed by atoms with Gasteiger partial charge in [0.1, 0.15) is 17.3 Å². The van der Waals surface area contributed by atoms with Crippen molar-refractivity contribution in [1.29, 1.82) is 0 Å². The summed E-state index contributed by atoms with van der Waals surface area (Å²) in [4.78, 5) is 17.5. The number of carbonyl (C=O) groups is 1. The first-order valence-electron chi connectivity index (χ1n) is 7.69. The molecule has 1 heterocycles. The Kier molecular flexibility index (Phi) is 4.76. The van der Waals surface area contributed by atoms with E-state index in [1.165, 1.54) is 19.2 Å². The van der Waals surface area contributed by atoms with E-state index in [-0.39, 0.29) is 23.9 Å². The molecule has 0 radical (unpaired) electrons. The van der Waals surface area contributed by atoms with E-state index in [1.54, 1.807) is 0 Å². The Labute approximate surface area is 144 Å². The van der Waals surface area contributed by atoms with Gasteiger partial charge in [-0.2, -0.15) is 5.10 Å². The third-order valence-corrected chi connectivity index (χ3v) is 4.08. The molecule has 2 aromatic rings. The summed E-state index contributed by atoms with van der Waals surface area (Å²) in [5.41, 5.74) is 1.06. The van der Waals surface area contributed by atoms with Crippen molar-refractivity contribution in [2.24, 2.45) is 5.10 Å². The molecular weight excluding hydrogens is 328 g/mol. The van der Waals surface area contributed by atoms with Crippen LogP contribution >= 0.6 is 0 Å². The smallest absolute Gasteiger partial charge is 0.274 e. The van der Waals surface area contributed by atoms with Crippen molar-refractivity contribution in [2.45, 2.75) is 5.92 Å². The van der Waals surface area contributed by atoms with Crippen LogP contribution in [0.15, 0.2) is 53.6 Å². The number of amides is 1. The standard InChI is InChI=1S/C18H17F2N3O2/c1-22(25-2)18(24)17-14(12-6-4-3-5-7-12)11-23(21-17)16-10-13(19)8-9-15(16)20/h3-10,14H,11H2,1-2H3. The average Bonchev–Trinajstić information content (AvgIpc) is 3.08. The van der Waals surface area contributed by atoms with Crippen LogP contribution in [0.1, 0.15) is 11.5 Å². The van der Waals surface area contributed by atoms with Crippen molar-refractivity contribution in [3.05, 3.63) is 65.7 Å². The lowest BCUT2D eigenvalue weighted by Crippen LogP contribution is -2.34. The average molecular weight is 345 g/mol. The number of rotatable bonds is 4. The van der Waals surface area contributed by atoms with E-state index in [4.69, 9.17) is 4.84 Å². The Hall–Kier alpha value is -2.80. The van der Waals surface area contributed by atoms with Gasteiger partial charge >= 0.3 is 0 Å². The van der Waals surface area contributed by atoms with E-state index >= 15 is 0 Å². The zero-order valence-corrected chi connectivity index (χ0v) is 13.8. The van der Waals surface area contributed by atoms with Crippen LogP contribution in [0.4, 0.5) is 14.5 Å². The van der Waals surface area contributed by atoms with Crippen molar-refractivity contribution in [2.75, 3.05) is 25.7 Å². The second-order valence-electron chi connectivity index (χ2n) is 5.61. The SMILES string of the molecule is CON(C)C(=O)C1=NN(c2cc(F)ccc2F)CC1c1ccccc1. The number of hydroxylamine groups is 2. The zero-order valence-electron chi connectivity index (χ0n) is 13.8. The first-order valence-corrected chi connectivity index (χ1v) is 7.69. The second kappa shape index (κ2) is 6.98. The van der Waals surface area contributed by atoms with Crippen LogP contribution in [0.25, 0.3) is 0 Å². The molecule has 0 spiro atoms. The maximum atomic E-state index is 14.1. The number of hydrogen-bond acceptors (Lipinski definition) is 4. The normalized spacial score (nSPS) is 16.7. The molecule has 25 heavy (non-hydrogen) atoms. The summed E-state index contributed by atoms with van der Waals surface area (Å²) in [6.07, 6.45) is 0. The van der Waals surface area contributed by atoms with Crippen LogP contribution in [0.2, 0.25) is 0 Å². The molecule has 0 fully saturated rings. The molecule has 130 valence electrons. The van der Waals surface area contributed by atoms with Crippen molar-refractivity contribution in [3.63, 3.8) is 0 Å². The van der Waals surface area contributed by atoms with E-state index in [0.29, 0.717) is 0 Å². The van der Waals surface area contributed by atoms with Crippen LogP contribution in [-0.2, 0) is 9.63 Å². The molecule has 3 rings (SSSR count). The summed E-state index contributed by atoms with van der Waals surface area (Å²) < 4.78 is 27.6. The van der Waals surface area contributed by atoms with E-state index in [2.05, 4.69) is 5.10 Å². The summed E-state index contributed by atoms with van der Waals surface area (Å²) in [5, 5.41) is 6.63.